The molecule has 0 unspecified atom stereocenters. The Morgan fingerprint density at radius 2 is 1.89 bits per heavy atom. The number of benzene rings is 3. The highest BCUT2D eigenvalue weighted by molar-refractivity contribution is 5.99. The lowest BCUT2D eigenvalue weighted by atomic mass is 10.0. The number of carbonyl (C=O) groups excluding carboxylic acids is 2. The molecule has 0 aromatic heterocycles. The van der Waals surface area contributed by atoms with Crippen molar-refractivity contribution in [1.82, 2.24) is 4.90 Å². The molecule has 35 heavy (non-hydrogen) atoms. The second-order valence-electron chi connectivity index (χ2n) is 8.27. The van der Waals surface area contributed by atoms with E-state index in [2.05, 4.69) is 5.32 Å². The van der Waals surface area contributed by atoms with Gasteiger partial charge < -0.3 is 29.2 Å². The van der Waals surface area contributed by atoms with Crippen LogP contribution in [0.25, 0.3) is 0 Å². The molecule has 5 rings (SSSR count). The van der Waals surface area contributed by atoms with Crippen LogP contribution in [0.4, 0.5) is 5.69 Å². The van der Waals surface area contributed by atoms with E-state index < -0.39 is 6.04 Å². The van der Waals surface area contributed by atoms with Gasteiger partial charge in [0.15, 0.2) is 23.0 Å². The smallest absolute Gasteiger partial charge is 0.255 e. The van der Waals surface area contributed by atoms with E-state index in [-0.39, 0.29) is 25.0 Å². The van der Waals surface area contributed by atoms with Crippen LogP contribution in [0.5, 0.6) is 23.0 Å². The summed E-state index contributed by atoms with van der Waals surface area (Å²) in [5, 5.41) is 2.92. The molecule has 0 spiro atoms. The van der Waals surface area contributed by atoms with Gasteiger partial charge in [0, 0.05) is 23.9 Å². The zero-order chi connectivity index (χ0) is 24.4. The van der Waals surface area contributed by atoms with Crippen LogP contribution in [0, 0.1) is 0 Å². The summed E-state index contributed by atoms with van der Waals surface area (Å²) in [6.07, 6.45) is 0.0608. The Balaban J connectivity index is 1.43. The van der Waals surface area contributed by atoms with Gasteiger partial charge in [0.2, 0.25) is 12.7 Å². The largest absolute Gasteiger partial charge is 0.493 e. The fraction of sp³-hybridized carbons (Fsp3) is 0.259. The van der Waals surface area contributed by atoms with Crippen molar-refractivity contribution in [2.24, 2.45) is 0 Å². The third-order valence-electron chi connectivity index (χ3n) is 6.13. The maximum atomic E-state index is 13.3. The Hall–Kier alpha value is -4.20. The predicted octanol–water partition coefficient (Wildman–Crippen LogP) is 4.55. The number of nitrogens with zero attached hydrogens (tertiary/aromatic N) is 1. The van der Waals surface area contributed by atoms with Crippen LogP contribution in [-0.2, 0) is 11.3 Å². The molecule has 2 aliphatic rings. The van der Waals surface area contributed by atoms with Crippen molar-refractivity contribution in [3.8, 4) is 23.0 Å². The van der Waals surface area contributed by atoms with Gasteiger partial charge in [-0.1, -0.05) is 24.3 Å². The molecular formula is C27H26N2O6. The fourth-order valence-corrected chi connectivity index (χ4v) is 4.46. The van der Waals surface area contributed by atoms with E-state index in [0.717, 1.165) is 11.1 Å². The molecule has 0 fully saturated rings. The Morgan fingerprint density at radius 3 is 2.69 bits per heavy atom. The first-order valence-electron chi connectivity index (χ1n) is 11.5. The summed E-state index contributed by atoms with van der Waals surface area (Å²) in [7, 11) is 1.57. The number of rotatable bonds is 8. The summed E-state index contributed by atoms with van der Waals surface area (Å²) >= 11 is 0. The van der Waals surface area contributed by atoms with Crippen molar-refractivity contribution in [1.29, 1.82) is 0 Å². The number of amides is 2. The van der Waals surface area contributed by atoms with E-state index in [0.29, 0.717) is 47.4 Å². The first-order valence-corrected chi connectivity index (χ1v) is 11.5. The molecule has 0 bridgehead atoms. The van der Waals surface area contributed by atoms with Gasteiger partial charge in [0.05, 0.1) is 26.2 Å². The summed E-state index contributed by atoms with van der Waals surface area (Å²) in [5.74, 6) is 2.05. The monoisotopic (exact) mass is 474 g/mol. The second-order valence-corrected chi connectivity index (χ2v) is 8.27. The zero-order valence-electron chi connectivity index (χ0n) is 19.6. The number of ether oxygens (including phenoxy) is 4. The molecule has 1 atom stereocenters. The average Bonchev–Trinajstić information content (AvgIpc) is 3.47. The lowest BCUT2D eigenvalue weighted by Gasteiger charge is -2.28. The third kappa shape index (κ3) is 4.47. The number of hydrogen-bond acceptors (Lipinski definition) is 6. The standard InChI is InChI=1S/C27H26N2O6/c1-3-33-22-10-8-17(12-24(22)32-2)21(29-15-18-6-4-5-7-20(18)27(29)31)14-26(30)28-19-9-11-23-25(13-19)35-16-34-23/h4-13,21H,3,14-16H2,1-2H3,(H,28,30)/t21-/m1/s1. The molecule has 1 N–H and O–H groups in total. The van der Waals surface area contributed by atoms with Crippen LogP contribution >= 0.6 is 0 Å². The zero-order valence-corrected chi connectivity index (χ0v) is 19.6. The Morgan fingerprint density at radius 1 is 1.06 bits per heavy atom. The minimum atomic E-state index is -0.506. The lowest BCUT2D eigenvalue weighted by Crippen LogP contribution is -2.32. The van der Waals surface area contributed by atoms with Crippen LogP contribution in [0.15, 0.2) is 60.7 Å². The Labute approximate surface area is 203 Å². The molecule has 8 heteroatoms. The number of hydrogen-bond donors (Lipinski definition) is 1. The van der Waals surface area contributed by atoms with Crippen LogP contribution in [0.1, 0.15) is 40.9 Å². The Bertz CT molecular complexity index is 1270. The van der Waals surface area contributed by atoms with E-state index in [4.69, 9.17) is 18.9 Å². The van der Waals surface area contributed by atoms with Gasteiger partial charge in [0.25, 0.3) is 5.91 Å². The molecule has 0 aliphatic carbocycles. The van der Waals surface area contributed by atoms with Crippen LogP contribution in [0.3, 0.4) is 0 Å². The summed E-state index contributed by atoms with van der Waals surface area (Å²) in [6.45, 7) is 2.98. The van der Waals surface area contributed by atoms with E-state index in [1.165, 1.54) is 0 Å². The van der Waals surface area contributed by atoms with E-state index >= 15 is 0 Å². The molecule has 3 aromatic carbocycles. The normalized spacial score (nSPS) is 14.5. The predicted molar refractivity (Wildman–Crippen MR) is 129 cm³/mol. The van der Waals surface area contributed by atoms with E-state index in [1.54, 1.807) is 30.2 Å². The number of fused-ring (bicyclic) bond motifs is 2. The van der Waals surface area contributed by atoms with Crippen molar-refractivity contribution in [2.45, 2.75) is 25.9 Å². The highest BCUT2D eigenvalue weighted by Crippen LogP contribution is 2.38. The molecule has 8 nitrogen and oxygen atoms in total. The van der Waals surface area contributed by atoms with Crippen molar-refractivity contribution in [3.63, 3.8) is 0 Å². The second kappa shape index (κ2) is 9.58. The SMILES string of the molecule is CCOc1ccc([C@@H](CC(=O)Nc2ccc3c(c2)OCO3)N2Cc3ccccc3C2=O)cc1OC. The molecule has 0 saturated carbocycles. The van der Waals surface area contributed by atoms with Gasteiger partial charge in [-0.25, -0.2) is 0 Å². The molecule has 180 valence electrons. The summed E-state index contributed by atoms with van der Waals surface area (Å²) < 4.78 is 21.9. The van der Waals surface area contributed by atoms with Crippen molar-refractivity contribution < 1.29 is 28.5 Å². The minimum Gasteiger partial charge on any atom is -0.493 e. The van der Waals surface area contributed by atoms with Crippen molar-refractivity contribution in [3.05, 3.63) is 77.4 Å². The number of carbonyl (C=O) groups is 2. The molecule has 3 aromatic rings. The molecule has 2 heterocycles. The minimum absolute atomic E-state index is 0.0608. The van der Waals surface area contributed by atoms with Crippen molar-refractivity contribution >= 4 is 17.5 Å². The highest BCUT2D eigenvalue weighted by atomic mass is 16.7. The molecule has 0 radical (unpaired) electrons. The van der Waals surface area contributed by atoms with Gasteiger partial charge in [-0.3, -0.25) is 9.59 Å². The fourth-order valence-electron chi connectivity index (χ4n) is 4.46. The van der Waals surface area contributed by atoms with Gasteiger partial charge in [-0.15, -0.1) is 0 Å². The maximum Gasteiger partial charge on any atom is 0.255 e. The first kappa shape index (κ1) is 22.6. The van der Waals surface area contributed by atoms with Gasteiger partial charge >= 0.3 is 0 Å². The Kier molecular flexibility index (Phi) is 6.18. The van der Waals surface area contributed by atoms with Crippen LogP contribution < -0.4 is 24.3 Å². The number of nitrogens with one attached hydrogen (secondary N) is 1. The first-order chi connectivity index (χ1) is 17.1. The summed E-state index contributed by atoms with van der Waals surface area (Å²) in [5.41, 5.74) is 2.98. The van der Waals surface area contributed by atoms with E-state index in [1.807, 2.05) is 49.4 Å². The quantitative estimate of drug-likeness (QED) is 0.516. The molecule has 2 aliphatic heterocycles. The molecular weight excluding hydrogens is 448 g/mol. The van der Waals surface area contributed by atoms with Crippen LogP contribution in [0.2, 0.25) is 0 Å². The van der Waals surface area contributed by atoms with E-state index in [9.17, 15) is 9.59 Å². The topological polar surface area (TPSA) is 86.3 Å². The third-order valence-corrected chi connectivity index (χ3v) is 6.13. The lowest BCUT2D eigenvalue weighted by molar-refractivity contribution is -0.117. The van der Waals surface area contributed by atoms with Gasteiger partial charge in [-0.2, -0.15) is 0 Å². The summed E-state index contributed by atoms with van der Waals surface area (Å²) in [4.78, 5) is 28.2. The average molecular weight is 475 g/mol. The van der Waals surface area contributed by atoms with Gasteiger partial charge in [0.1, 0.15) is 0 Å². The molecule has 0 saturated heterocycles. The highest BCUT2D eigenvalue weighted by Gasteiger charge is 2.35. The summed E-state index contributed by atoms with van der Waals surface area (Å²) in [6, 6.07) is 17.8. The van der Waals surface area contributed by atoms with Crippen molar-refractivity contribution in [2.75, 3.05) is 25.8 Å². The molecule has 2 amide bonds. The maximum absolute atomic E-state index is 13.3. The number of anilines is 1. The van der Waals surface area contributed by atoms with Crippen LogP contribution in [-0.4, -0.2) is 37.2 Å². The number of methoxy groups -OCH3 is 1. The van der Waals surface area contributed by atoms with Gasteiger partial charge in [-0.05, 0) is 48.4 Å².